The van der Waals surface area contributed by atoms with Gasteiger partial charge in [0, 0.05) is 13.0 Å². The number of hydrogen-bond donors (Lipinski definition) is 5. The van der Waals surface area contributed by atoms with Crippen molar-refractivity contribution in [1.29, 1.82) is 0 Å². The number of aliphatic hydroxyl groups excluding tert-OH is 4. The summed E-state index contributed by atoms with van der Waals surface area (Å²) in [5, 5.41) is 38.7. The molecule has 0 unspecified atom stereocenters. The summed E-state index contributed by atoms with van der Waals surface area (Å²) in [4.78, 5) is 22.2. The number of nitrogens with one attached hydrogen (secondary N) is 1. The summed E-state index contributed by atoms with van der Waals surface area (Å²) in [5.74, 6) is -1.89. The number of terminal acetylenes is 1. The third-order valence-electron chi connectivity index (χ3n) is 2.14. The molecule has 7 nitrogen and oxygen atoms in total. The van der Waals surface area contributed by atoms with Crippen molar-refractivity contribution in [3.63, 3.8) is 0 Å². The van der Waals surface area contributed by atoms with Gasteiger partial charge >= 0.3 is 0 Å². The lowest BCUT2D eigenvalue weighted by molar-refractivity contribution is -0.141. The van der Waals surface area contributed by atoms with Crippen LogP contribution in [0.3, 0.4) is 0 Å². The predicted octanol–water partition coefficient (Wildman–Crippen LogP) is -3.23. The minimum Gasteiger partial charge on any atom is -0.394 e. The number of ketones is 2. The van der Waals surface area contributed by atoms with Crippen LogP contribution in [-0.2, 0) is 9.59 Å². The van der Waals surface area contributed by atoms with E-state index in [2.05, 4.69) is 5.32 Å². The van der Waals surface area contributed by atoms with E-state index in [0.717, 1.165) is 6.92 Å². The lowest BCUT2D eigenvalue weighted by atomic mass is 9.96. The van der Waals surface area contributed by atoms with Gasteiger partial charge in [-0.25, -0.2) is 0 Å². The number of rotatable bonds is 7. The van der Waals surface area contributed by atoms with Crippen molar-refractivity contribution < 1.29 is 30.0 Å². The molecule has 0 aromatic heterocycles. The van der Waals surface area contributed by atoms with E-state index in [1.807, 2.05) is 6.04 Å². The highest BCUT2D eigenvalue weighted by atomic mass is 16.4. The summed E-state index contributed by atoms with van der Waals surface area (Å²) < 4.78 is 0. The van der Waals surface area contributed by atoms with Crippen LogP contribution >= 0.6 is 0 Å². The van der Waals surface area contributed by atoms with E-state index < -0.39 is 42.5 Å². The zero-order valence-corrected chi connectivity index (χ0v) is 9.20. The maximum atomic E-state index is 11.4. The van der Waals surface area contributed by atoms with Crippen molar-refractivity contribution in [2.24, 2.45) is 0 Å². The molecule has 0 aliphatic rings. The van der Waals surface area contributed by atoms with Gasteiger partial charge in [-0.05, 0) is 0 Å². The molecule has 0 saturated carbocycles. The average molecular weight is 245 g/mol. The molecule has 0 aliphatic carbocycles. The van der Waals surface area contributed by atoms with Crippen LogP contribution in [0.4, 0.5) is 0 Å². The highest BCUT2D eigenvalue weighted by molar-refractivity contribution is 6.38. The normalized spacial score (nSPS) is 17.4. The van der Waals surface area contributed by atoms with Gasteiger partial charge in [-0.3, -0.25) is 9.59 Å². The van der Waals surface area contributed by atoms with Crippen LogP contribution in [0.5, 0.6) is 0 Å². The third-order valence-corrected chi connectivity index (χ3v) is 2.14. The van der Waals surface area contributed by atoms with E-state index in [4.69, 9.17) is 16.6 Å². The topological polar surface area (TPSA) is 127 Å². The summed E-state index contributed by atoms with van der Waals surface area (Å²) in [6.07, 6.45) is -0.388. The summed E-state index contributed by atoms with van der Waals surface area (Å²) in [7, 11) is 0. The first-order chi connectivity index (χ1) is 7.86. The molecule has 0 amide bonds. The maximum Gasteiger partial charge on any atom is 0.223 e. The van der Waals surface area contributed by atoms with E-state index in [0.29, 0.717) is 0 Å². The average Bonchev–Trinajstić information content (AvgIpc) is 2.32. The summed E-state index contributed by atoms with van der Waals surface area (Å²) >= 11 is 0. The molecule has 7 heteroatoms. The molecule has 0 aromatic carbocycles. The summed E-state index contributed by atoms with van der Waals surface area (Å²) in [6, 6.07) is 0.324. The fraction of sp³-hybridized carbons (Fsp3) is 0.600. The zero-order chi connectivity index (χ0) is 13.6. The van der Waals surface area contributed by atoms with Crippen LogP contribution in [0, 0.1) is 12.5 Å². The third kappa shape index (κ3) is 4.13. The SMILES string of the molecule is C#CN[C@H](C(=O)C(C)=O)[C@@H](O)[C@H](O)[C@H](O)CO. The van der Waals surface area contributed by atoms with Crippen LogP contribution in [0.25, 0.3) is 0 Å². The van der Waals surface area contributed by atoms with Gasteiger partial charge in [0.05, 0.1) is 6.61 Å². The molecule has 4 atom stereocenters. The quantitative estimate of drug-likeness (QED) is 0.181. The van der Waals surface area contributed by atoms with Crippen molar-refractivity contribution >= 4 is 11.6 Å². The molecular weight excluding hydrogens is 230 g/mol. The van der Waals surface area contributed by atoms with E-state index in [9.17, 15) is 19.8 Å². The first-order valence-electron chi connectivity index (χ1n) is 4.77. The number of carbonyl (C=O) groups is 2. The largest absolute Gasteiger partial charge is 0.394 e. The molecule has 0 rings (SSSR count). The van der Waals surface area contributed by atoms with Crippen LogP contribution in [0.15, 0.2) is 0 Å². The van der Waals surface area contributed by atoms with Crippen LogP contribution in [-0.4, -0.2) is 63.0 Å². The van der Waals surface area contributed by atoms with Crippen molar-refractivity contribution in [3.05, 3.63) is 0 Å². The Kier molecular flexibility index (Phi) is 6.38. The molecule has 0 bridgehead atoms. The van der Waals surface area contributed by atoms with Gasteiger partial charge < -0.3 is 25.7 Å². The Balaban J connectivity index is 4.89. The van der Waals surface area contributed by atoms with E-state index >= 15 is 0 Å². The maximum absolute atomic E-state index is 11.4. The molecule has 96 valence electrons. The Morgan fingerprint density at radius 3 is 2.18 bits per heavy atom. The van der Waals surface area contributed by atoms with Gasteiger partial charge in [0.25, 0.3) is 0 Å². The molecule has 0 aliphatic heterocycles. The zero-order valence-electron chi connectivity index (χ0n) is 9.20. The van der Waals surface area contributed by atoms with Crippen molar-refractivity contribution in [2.45, 2.75) is 31.3 Å². The lowest BCUT2D eigenvalue weighted by Crippen LogP contribution is -2.55. The van der Waals surface area contributed by atoms with Crippen LogP contribution in [0.2, 0.25) is 0 Å². The number of hydrogen-bond acceptors (Lipinski definition) is 7. The molecule has 0 spiro atoms. The van der Waals surface area contributed by atoms with Gasteiger partial charge in [0.2, 0.25) is 5.78 Å². The Hall–Kier alpha value is -1.46. The molecule has 0 aromatic rings. The minimum atomic E-state index is -1.82. The smallest absolute Gasteiger partial charge is 0.223 e. The second-order valence-corrected chi connectivity index (χ2v) is 3.42. The Labute approximate surface area is 98.1 Å². The molecule has 0 heterocycles. The first kappa shape index (κ1) is 15.5. The van der Waals surface area contributed by atoms with E-state index in [1.165, 1.54) is 0 Å². The molecule has 0 saturated heterocycles. The molecule has 0 fully saturated rings. The summed E-state index contributed by atoms with van der Waals surface area (Å²) in [6.45, 7) is 0.171. The van der Waals surface area contributed by atoms with Crippen molar-refractivity contribution in [1.82, 2.24) is 5.32 Å². The monoisotopic (exact) mass is 245 g/mol. The van der Waals surface area contributed by atoms with Gasteiger partial charge in [0.1, 0.15) is 24.4 Å². The number of Topliss-reactive ketones (excluding diaryl/α,β-unsaturated/α-hetero) is 2. The second kappa shape index (κ2) is 6.98. The predicted molar refractivity (Wildman–Crippen MR) is 56.6 cm³/mol. The molecule has 17 heavy (non-hydrogen) atoms. The Bertz CT molecular complexity index is 323. The van der Waals surface area contributed by atoms with Crippen LogP contribution in [0.1, 0.15) is 6.92 Å². The fourth-order valence-corrected chi connectivity index (χ4v) is 1.15. The minimum absolute atomic E-state index is 0.810. The molecular formula is C10H15NO6. The Morgan fingerprint density at radius 2 is 1.82 bits per heavy atom. The number of carbonyl (C=O) groups excluding carboxylic acids is 2. The first-order valence-corrected chi connectivity index (χ1v) is 4.77. The highest BCUT2D eigenvalue weighted by Crippen LogP contribution is 2.06. The second-order valence-electron chi connectivity index (χ2n) is 3.42. The fourth-order valence-electron chi connectivity index (χ4n) is 1.15. The van der Waals surface area contributed by atoms with Crippen molar-refractivity contribution in [2.75, 3.05) is 6.61 Å². The van der Waals surface area contributed by atoms with Gasteiger partial charge in [-0.15, -0.1) is 0 Å². The van der Waals surface area contributed by atoms with Gasteiger partial charge in [-0.1, -0.05) is 6.42 Å². The van der Waals surface area contributed by atoms with Gasteiger partial charge in [0.15, 0.2) is 5.78 Å². The molecule has 0 radical (unpaired) electrons. The standard InChI is InChI=1S/C10H15NO6/c1-3-11-7(8(15)5(2)13)10(17)9(16)6(14)4-12/h1,6-7,9-12,14,16-17H,4H2,2H3/t6-,7-,9-,10-/m1/s1. The van der Waals surface area contributed by atoms with E-state index in [-0.39, 0.29) is 0 Å². The van der Waals surface area contributed by atoms with E-state index in [1.54, 1.807) is 0 Å². The lowest BCUT2D eigenvalue weighted by Gasteiger charge is -2.26. The highest BCUT2D eigenvalue weighted by Gasteiger charge is 2.36. The van der Waals surface area contributed by atoms with Gasteiger partial charge in [-0.2, -0.15) is 0 Å². The molecule has 5 N–H and O–H groups in total. The Morgan fingerprint density at radius 1 is 1.29 bits per heavy atom. The van der Waals surface area contributed by atoms with Crippen LogP contribution < -0.4 is 5.32 Å². The van der Waals surface area contributed by atoms with Crippen molar-refractivity contribution in [3.8, 4) is 12.5 Å². The number of aliphatic hydroxyl groups is 4. The summed E-state index contributed by atoms with van der Waals surface area (Å²) in [5.41, 5.74) is 0.